The Labute approximate surface area is 231 Å². The first-order chi connectivity index (χ1) is 18.9. The van der Waals surface area contributed by atoms with Crippen molar-refractivity contribution in [1.29, 1.82) is 0 Å². The number of aliphatic hydroxyl groups excluding tert-OH is 1. The Morgan fingerprint density at radius 3 is 2.18 bits per heavy atom. The Bertz CT molecular complexity index is 1200. The van der Waals surface area contributed by atoms with Gasteiger partial charge in [0.2, 0.25) is 0 Å². The SMILES string of the molecule is Cc1cccc(C)c1OCC(=O)N[C@@H](Cc1ccccc1)[C@@H](O)C[C@H](Cc1ccccc1)N1CCCNC1=O. The molecule has 1 fully saturated rings. The van der Waals surface area contributed by atoms with E-state index in [4.69, 9.17) is 4.74 Å². The van der Waals surface area contributed by atoms with Gasteiger partial charge in [-0.25, -0.2) is 4.79 Å². The molecule has 7 heteroatoms. The lowest BCUT2D eigenvalue weighted by Crippen LogP contribution is -2.54. The second-order valence-electron chi connectivity index (χ2n) is 10.3. The highest BCUT2D eigenvalue weighted by Gasteiger charge is 2.31. The zero-order chi connectivity index (χ0) is 27.6. The number of ether oxygens (including phenoxy) is 1. The van der Waals surface area contributed by atoms with Crippen molar-refractivity contribution in [3.8, 4) is 5.75 Å². The topological polar surface area (TPSA) is 90.9 Å². The average molecular weight is 530 g/mol. The Kier molecular flexibility index (Phi) is 9.97. The summed E-state index contributed by atoms with van der Waals surface area (Å²) in [6.07, 6.45) is 1.39. The number of hydrogen-bond donors (Lipinski definition) is 3. The number of carbonyl (C=O) groups is 2. The van der Waals surface area contributed by atoms with Gasteiger partial charge in [0.1, 0.15) is 5.75 Å². The molecule has 1 aliphatic rings. The standard InChI is InChI=1S/C32H39N3O4/c1-23-11-9-12-24(2)31(23)39-22-30(37)34-28(20-26-15-7-4-8-16-26)29(36)21-27(19-25-13-5-3-6-14-25)35-18-10-17-33-32(35)38/h3-9,11-16,27-29,36H,10,17-22H2,1-2H3,(H,33,38)(H,34,37)/t27-,28-,29-/m0/s1. The summed E-state index contributed by atoms with van der Waals surface area (Å²) in [5.74, 6) is 0.403. The lowest BCUT2D eigenvalue weighted by molar-refractivity contribution is -0.124. The highest BCUT2D eigenvalue weighted by molar-refractivity contribution is 5.78. The molecule has 0 bridgehead atoms. The Balaban J connectivity index is 1.49. The molecule has 39 heavy (non-hydrogen) atoms. The third-order valence-electron chi connectivity index (χ3n) is 7.25. The van der Waals surface area contributed by atoms with Crippen LogP contribution in [0.2, 0.25) is 0 Å². The summed E-state index contributed by atoms with van der Waals surface area (Å²) in [5, 5.41) is 17.5. The molecule has 1 saturated heterocycles. The van der Waals surface area contributed by atoms with Crippen LogP contribution >= 0.6 is 0 Å². The minimum atomic E-state index is -0.877. The second kappa shape index (κ2) is 13.8. The third-order valence-corrected chi connectivity index (χ3v) is 7.25. The van der Waals surface area contributed by atoms with Gasteiger partial charge in [-0.1, -0.05) is 78.9 Å². The van der Waals surface area contributed by atoms with Crippen LogP contribution in [0.15, 0.2) is 78.9 Å². The van der Waals surface area contributed by atoms with Gasteiger partial charge < -0.3 is 25.4 Å². The first-order valence-electron chi connectivity index (χ1n) is 13.7. The normalized spacial score (nSPS) is 15.7. The molecule has 7 nitrogen and oxygen atoms in total. The van der Waals surface area contributed by atoms with E-state index >= 15 is 0 Å². The number of nitrogens with one attached hydrogen (secondary N) is 2. The van der Waals surface area contributed by atoms with E-state index in [-0.39, 0.29) is 24.6 Å². The summed E-state index contributed by atoms with van der Waals surface area (Å²) < 4.78 is 5.87. The molecular weight excluding hydrogens is 490 g/mol. The van der Waals surface area contributed by atoms with Gasteiger partial charge in [0.25, 0.3) is 5.91 Å². The van der Waals surface area contributed by atoms with Gasteiger partial charge >= 0.3 is 6.03 Å². The molecule has 3 aromatic carbocycles. The monoisotopic (exact) mass is 529 g/mol. The molecule has 0 unspecified atom stereocenters. The van der Waals surface area contributed by atoms with E-state index < -0.39 is 12.1 Å². The van der Waals surface area contributed by atoms with Crippen molar-refractivity contribution in [2.75, 3.05) is 19.7 Å². The van der Waals surface area contributed by atoms with Crippen LogP contribution in [0.3, 0.4) is 0 Å². The van der Waals surface area contributed by atoms with Crippen molar-refractivity contribution in [3.05, 3.63) is 101 Å². The summed E-state index contributed by atoms with van der Waals surface area (Å²) >= 11 is 0. The quantitative estimate of drug-likeness (QED) is 0.328. The highest BCUT2D eigenvalue weighted by Crippen LogP contribution is 2.23. The van der Waals surface area contributed by atoms with Crippen LogP contribution in [0.4, 0.5) is 4.79 Å². The minimum absolute atomic E-state index is 0.111. The number of rotatable bonds is 12. The molecule has 3 N–H and O–H groups in total. The van der Waals surface area contributed by atoms with Crippen LogP contribution in [-0.4, -0.2) is 59.8 Å². The fraction of sp³-hybridized carbons (Fsp3) is 0.375. The summed E-state index contributed by atoms with van der Waals surface area (Å²) in [7, 11) is 0. The smallest absolute Gasteiger partial charge is 0.317 e. The predicted molar refractivity (Wildman–Crippen MR) is 153 cm³/mol. The van der Waals surface area contributed by atoms with Crippen LogP contribution in [0.25, 0.3) is 0 Å². The van der Waals surface area contributed by atoms with Gasteiger partial charge in [-0.15, -0.1) is 0 Å². The molecule has 1 heterocycles. The van der Waals surface area contributed by atoms with E-state index in [1.807, 2.05) is 97.6 Å². The van der Waals surface area contributed by atoms with Crippen LogP contribution in [0, 0.1) is 13.8 Å². The number of amides is 3. The largest absolute Gasteiger partial charge is 0.483 e. The summed E-state index contributed by atoms with van der Waals surface area (Å²) in [5.41, 5.74) is 4.03. The Hall–Kier alpha value is -3.84. The third kappa shape index (κ3) is 8.07. The molecule has 3 atom stereocenters. The maximum atomic E-state index is 13.1. The summed E-state index contributed by atoms with van der Waals surface area (Å²) in [6.45, 7) is 5.04. The number of urea groups is 1. The average Bonchev–Trinajstić information content (AvgIpc) is 2.93. The number of carbonyl (C=O) groups excluding carboxylic acids is 2. The molecule has 1 aliphatic heterocycles. The van der Waals surface area contributed by atoms with Crippen molar-refractivity contribution >= 4 is 11.9 Å². The zero-order valence-electron chi connectivity index (χ0n) is 22.8. The van der Waals surface area contributed by atoms with E-state index in [1.165, 1.54) is 0 Å². The van der Waals surface area contributed by atoms with Crippen molar-refractivity contribution in [1.82, 2.24) is 15.5 Å². The lowest BCUT2D eigenvalue weighted by Gasteiger charge is -2.37. The first-order valence-corrected chi connectivity index (χ1v) is 13.7. The van der Waals surface area contributed by atoms with Gasteiger partial charge in [0.05, 0.1) is 12.1 Å². The minimum Gasteiger partial charge on any atom is -0.483 e. The number of para-hydroxylation sites is 1. The molecule has 3 aromatic rings. The second-order valence-corrected chi connectivity index (χ2v) is 10.3. The maximum absolute atomic E-state index is 13.1. The molecule has 0 aromatic heterocycles. The Morgan fingerprint density at radius 1 is 0.949 bits per heavy atom. The van der Waals surface area contributed by atoms with E-state index in [0.29, 0.717) is 38.1 Å². The molecule has 4 rings (SSSR count). The zero-order valence-corrected chi connectivity index (χ0v) is 22.8. The molecule has 3 amide bonds. The van der Waals surface area contributed by atoms with Gasteiger partial charge in [-0.2, -0.15) is 0 Å². The van der Waals surface area contributed by atoms with Crippen LogP contribution in [-0.2, 0) is 17.6 Å². The van der Waals surface area contributed by atoms with Crippen molar-refractivity contribution in [2.24, 2.45) is 0 Å². The summed E-state index contributed by atoms with van der Waals surface area (Å²) in [4.78, 5) is 27.6. The van der Waals surface area contributed by atoms with Crippen LogP contribution < -0.4 is 15.4 Å². The molecule has 206 valence electrons. The molecule has 0 spiro atoms. The number of aliphatic hydroxyl groups is 1. The number of hydrogen-bond acceptors (Lipinski definition) is 4. The number of nitrogens with zero attached hydrogens (tertiary/aromatic N) is 1. The Morgan fingerprint density at radius 2 is 1.56 bits per heavy atom. The van der Waals surface area contributed by atoms with Gasteiger partial charge in [0, 0.05) is 19.1 Å². The van der Waals surface area contributed by atoms with Gasteiger partial charge in [-0.3, -0.25) is 4.79 Å². The van der Waals surface area contributed by atoms with E-state index in [9.17, 15) is 14.7 Å². The highest BCUT2D eigenvalue weighted by atomic mass is 16.5. The van der Waals surface area contributed by atoms with E-state index in [0.717, 1.165) is 28.7 Å². The van der Waals surface area contributed by atoms with E-state index in [2.05, 4.69) is 10.6 Å². The summed E-state index contributed by atoms with van der Waals surface area (Å²) in [6, 6.07) is 24.8. The first kappa shape index (κ1) is 28.2. The van der Waals surface area contributed by atoms with Gasteiger partial charge in [-0.05, 0) is 61.8 Å². The molecular formula is C32H39N3O4. The van der Waals surface area contributed by atoms with Crippen molar-refractivity contribution in [3.63, 3.8) is 0 Å². The van der Waals surface area contributed by atoms with Crippen molar-refractivity contribution < 1.29 is 19.4 Å². The van der Waals surface area contributed by atoms with Gasteiger partial charge in [0.15, 0.2) is 6.61 Å². The van der Waals surface area contributed by atoms with Crippen LogP contribution in [0.5, 0.6) is 5.75 Å². The molecule has 0 aliphatic carbocycles. The van der Waals surface area contributed by atoms with Crippen molar-refractivity contribution in [2.45, 2.75) is 57.7 Å². The molecule has 0 saturated carbocycles. The van der Waals surface area contributed by atoms with Crippen LogP contribution in [0.1, 0.15) is 35.1 Å². The lowest BCUT2D eigenvalue weighted by atomic mass is 9.92. The van der Waals surface area contributed by atoms with E-state index in [1.54, 1.807) is 0 Å². The number of benzene rings is 3. The molecule has 0 radical (unpaired) electrons. The fourth-order valence-electron chi connectivity index (χ4n) is 5.21. The maximum Gasteiger partial charge on any atom is 0.317 e. The number of aryl methyl sites for hydroxylation is 2. The predicted octanol–water partition coefficient (Wildman–Crippen LogP) is 4.19. The fourth-order valence-corrected chi connectivity index (χ4v) is 5.21.